The summed E-state index contributed by atoms with van der Waals surface area (Å²) in [7, 11) is 0. The molecule has 0 aliphatic carbocycles. The van der Waals surface area contributed by atoms with Gasteiger partial charge in [0, 0.05) is 13.1 Å². The summed E-state index contributed by atoms with van der Waals surface area (Å²) in [5, 5.41) is 9.14. The van der Waals surface area contributed by atoms with E-state index in [4.69, 9.17) is 9.84 Å². The highest BCUT2D eigenvalue weighted by molar-refractivity contribution is 5.65. The lowest BCUT2D eigenvalue weighted by molar-refractivity contribution is -0.0240. The Morgan fingerprint density at radius 1 is 1.00 bits per heavy atom. The summed E-state index contributed by atoms with van der Waals surface area (Å²) in [4.78, 5) is 12.6. The van der Waals surface area contributed by atoms with Gasteiger partial charge in [0.1, 0.15) is 6.10 Å². The minimum atomic E-state index is -0.842. The fraction of sp³-hybridized carbons (Fsp3) is 0.435. The molecule has 27 heavy (non-hydrogen) atoms. The lowest BCUT2D eigenvalue weighted by Crippen LogP contribution is -2.40. The maximum absolute atomic E-state index is 11.1. The van der Waals surface area contributed by atoms with Crippen LogP contribution in [-0.2, 0) is 10.2 Å². The zero-order chi connectivity index (χ0) is 19.4. The van der Waals surface area contributed by atoms with Crippen molar-refractivity contribution in [2.75, 3.05) is 13.1 Å². The monoisotopic (exact) mass is 367 g/mol. The summed E-state index contributed by atoms with van der Waals surface area (Å²) in [5.74, 6) is 0. The van der Waals surface area contributed by atoms with Gasteiger partial charge in [-0.05, 0) is 34.9 Å². The van der Waals surface area contributed by atoms with E-state index >= 15 is 0 Å². The normalized spacial score (nSPS) is 16.9. The van der Waals surface area contributed by atoms with Gasteiger partial charge in [-0.25, -0.2) is 4.79 Å². The smallest absolute Gasteiger partial charge is 0.407 e. The standard InChI is InChI=1S/C23H29NO3/c1-23(2,3)19-11-9-18(10-12-19)21(17-7-5-4-6-8-17)27-20-13-15-24(16-14-20)22(25)26/h4-12,20-21H,13-16H2,1-3H3,(H,25,26). The highest BCUT2D eigenvalue weighted by Crippen LogP contribution is 2.32. The number of rotatable bonds is 4. The number of likely N-dealkylation sites (tertiary alicyclic amines) is 1. The third-order valence-corrected chi connectivity index (χ3v) is 5.22. The minimum Gasteiger partial charge on any atom is -0.465 e. The molecule has 2 aromatic carbocycles. The first-order valence-electron chi connectivity index (χ1n) is 9.63. The highest BCUT2D eigenvalue weighted by Gasteiger charge is 2.26. The van der Waals surface area contributed by atoms with E-state index in [0.29, 0.717) is 13.1 Å². The van der Waals surface area contributed by atoms with Crippen molar-refractivity contribution in [1.29, 1.82) is 0 Å². The quantitative estimate of drug-likeness (QED) is 0.805. The van der Waals surface area contributed by atoms with E-state index in [2.05, 4.69) is 57.2 Å². The third kappa shape index (κ3) is 4.89. The van der Waals surface area contributed by atoms with E-state index in [9.17, 15) is 4.79 Å². The molecule has 1 saturated heterocycles. The van der Waals surface area contributed by atoms with Crippen molar-refractivity contribution >= 4 is 6.09 Å². The van der Waals surface area contributed by atoms with Crippen LogP contribution in [0.3, 0.4) is 0 Å². The Morgan fingerprint density at radius 3 is 2.07 bits per heavy atom. The Labute approximate surface area is 161 Å². The molecule has 1 fully saturated rings. The van der Waals surface area contributed by atoms with Crippen LogP contribution in [-0.4, -0.2) is 35.3 Å². The molecule has 1 N–H and O–H groups in total. The molecule has 1 unspecified atom stereocenters. The average Bonchev–Trinajstić information content (AvgIpc) is 2.66. The number of carboxylic acid groups (broad SMARTS) is 1. The Bertz CT molecular complexity index is 741. The number of benzene rings is 2. The molecule has 0 aromatic heterocycles. The lowest BCUT2D eigenvalue weighted by atomic mass is 9.86. The number of nitrogens with zero attached hydrogens (tertiary/aromatic N) is 1. The fourth-order valence-electron chi connectivity index (χ4n) is 3.51. The first-order chi connectivity index (χ1) is 12.8. The van der Waals surface area contributed by atoms with Crippen molar-refractivity contribution in [2.24, 2.45) is 0 Å². The van der Waals surface area contributed by atoms with Gasteiger partial charge < -0.3 is 14.7 Å². The van der Waals surface area contributed by atoms with E-state index in [1.54, 1.807) is 0 Å². The number of piperidine rings is 1. The Kier molecular flexibility index (Phi) is 5.85. The largest absolute Gasteiger partial charge is 0.465 e. The second kappa shape index (κ2) is 8.13. The minimum absolute atomic E-state index is 0.0631. The molecule has 1 atom stereocenters. The Hall–Kier alpha value is -2.33. The summed E-state index contributed by atoms with van der Waals surface area (Å²) < 4.78 is 6.50. The summed E-state index contributed by atoms with van der Waals surface area (Å²) >= 11 is 0. The average molecular weight is 367 g/mol. The van der Waals surface area contributed by atoms with E-state index in [-0.39, 0.29) is 17.6 Å². The van der Waals surface area contributed by atoms with Crippen molar-refractivity contribution in [3.05, 3.63) is 71.3 Å². The summed E-state index contributed by atoms with van der Waals surface area (Å²) in [6.45, 7) is 7.70. The molecule has 3 rings (SSSR count). The van der Waals surface area contributed by atoms with Gasteiger partial charge in [0.2, 0.25) is 0 Å². The van der Waals surface area contributed by atoms with Crippen molar-refractivity contribution in [3.63, 3.8) is 0 Å². The third-order valence-electron chi connectivity index (χ3n) is 5.22. The highest BCUT2D eigenvalue weighted by atomic mass is 16.5. The van der Waals surface area contributed by atoms with Gasteiger partial charge in [-0.3, -0.25) is 0 Å². The molecule has 1 aliphatic heterocycles. The molecule has 4 nitrogen and oxygen atoms in total. The maximum atomic E-state index is 11.1. The van der Waals surface area contributed by atoms with Gasteiger partial charge in [-0.1, -0.05) is 75.4 Å². The molecular weight excluding hydrogens is 338 g/mol. The van der Waals surface area contributed by atoms with Gasteiger partial charge in [-0.15, -0.1) is 0 Å². The fourth-order valence-corrected chi connectivity index (χ4v) is 3.51. The molecule has 0 bridgehead atoms. The van der Waals surface area contributed by atoms with Crippen LogP contribution < -0.4 is 0 Å². The van der Waals surface area contributed by atoms with E-state index in [1.165, 1.54) is 10.5 Å². The molecule has 0 saturated carbocycles. The van der Waals surface area contributed by atoms with Gasteiger partial charge >= 0.3 is 6.09 Å². The second-order valence-electron chi connectivity index (χ2n) is 8.27. The van der Waals surface area contributed by atoms with Crippen LogP contribution in [0.15, 0.2) is 54.6 Å². The number of carbonyl (C=O) groups is 1. The van der Waals surface area contributed by atoms with Crippen LogP contribution >= 0.6 is 0 Å². The summed E-state index contributed by atoms with van der Waals surface area (Å²) in [6.07, 6.45) is 0.548. The molecule has 144 valence electrons. The topological polar surface area (TPSA) is 49.8 Å². The van der Waals surface area contributed by atoms with Crippen molar-refractivity contribution in [2.45, 2.75) is 51.2 Å². The van der Waals surface area contributed by atoms with Crippen LogP contribution in [0.4, 0.5) is 4.79 Å². The Morgan fingerprint density at radius 2 is 1.56 bits per heavy atom. The number of ether oxygens (including phenoxy) is 1. The first-order valence-corrected chi connectivity index (χ1v) is 9.63. The second-order valence-corrected chi connectivity index (χ2v) is 8.27. The predicted molar refractivity (Wildman–Crippen MR) is 107 cm³/mol. The molecule has 1 heterocycles. The summed E-state index contributed by atoms with van der Waals surface area (Å²) in [6, 6.07) is 18.9. The molecule has 0 radical (unpaired) electrons. The van der Waals surface area contributed by atoms with Crippen LogP contribution in [0.5, 0.6) is 0 Å². The zero-order valence-corrected chi connectivity index (χ0v) is 16.4. The number of amides is 1. The van der Waals surface area contributed by atoms with Crippen LogP contribution in [0.1, 0.15) is 56.4 Å². The van der Waals surface area contributed by atoms with E-state index < -0.39 is 6.09 Å². The van der Waals surface area contributed by atoms with Crippen LogP contribution in [0.25, 0.3) is 0 Å². The van der Waals surface area contributed by atoms with E-state index in [0.717, 1.165) is 24.0 Å². The molecule has 4 heteroatoms. The Balaban J connectivity index is 1.79. The van der Waals surface area contributed by atoms with Gasteiger partial charge in [0.05, 0.1) is 6.10 Å². The molecule has 0 spiro atoms. The van der Waals surface area contributed by atoms with Gasteiger partial charge in [0.15, 0.2) is 0 Å². The molecule has 1 aliphatic rings. The molecule has 2 aromatic rings. The number of hydrogen-bond acceptors (Lipinski definition) is 2. The van der Waals surface area contributed by atoms with Crippen molar-refractivity contribution in [3.8, 4) is 0 Å². The van der Waals surface area contributed by atoms with Gasteiger partial charge in [-0.2, -0.15) is 0 Å². The van der Waals surface area contributed by atoms with Crippen LogP contribution in [0, 0.1) is 0 Å². The first kappa shape index (κ1) is 19.4. The molecule has 1 amide bonds. The SMILES string of the molecule is CC(C)(C)c1ccc(C(OC2CCN(C(=O)O)CC2)c2ccccc2)cc1. The maximum Gasteiger partial charge on any atom is 0.407 e. The zero-order valence-electron chi connectivity index (χ0n) is 16.4. The van der Waals surface area contributed by atoms with Crippen molar-refractivity contribution < 1.29 is 14.6 Å². The number of hydrogen-bond donors (Lipinski definition) is 1. The predicted octanol–water partition coefficient (Wildman–Crippen LogP) is 5.23. The lowest BCUT2D eigenvalue weighted by Gasteiger charge is -2.33. The van der Waals surface area contributed by atoms with Crippen LogP contribution in [0.2, 0.25) is 0 Å². The summed E-state index contributed by atoms with van der Waals surface area (Å²) in [5.41, 5.74) is 3.68. The van der Waals surface area contributed by atoms with Crippen molar-refractivity contribution in [1.82, 2.24) is 4.90 Å². The molecular formula is C23H29NO3. The van der Waals surface area contributed by atoms with E-state index in [1.807, 2.05) is 18.2 Å². The van der Waals surface area contributed by atoms with Gasteiger partial charge in [0.25, 0.3) is 0 Å².